The van der Waals surface area contributed by atoms with Gasteiger partial charge in [-0.2, -0.15) is 0 Å². The lowest BCUT2D eigenvalue weighted by molar-refractivity contribution is 0.300. The quantitative estimate of drug-likeness (QED) is 0.420. The Morgan fingerprint density at radius 2 is 2.00 bits per heavy atom. The molecule has 0 bridgehead atoms. The van der Waals surface area contributed by atoms with Crippen LogP contribution in [0.1, 0.15) is 38.5 Å². The maximum Gasteiger partial charge on any atom is 0.0604 e. The van der Waals surface area contributed by atoms with Crippen LogP contribution in [0.4, 0.5) is 0 Å². The number of hydrogen-bond donors (Lipinski definition) is 1. The van der Waals surface area contributed by atoms with Gasteiger partial charge in [0.1, 0.15) is 0 Å². The van der Waals surface area contributed by atoms with Crippen LogP contribution in [0.3, 0.4) is 0 Å². The Hall–Kier alpha value is -0.530. The molecule has 0 radical (unpaired) electrons. The summed E-state index contributed by atoms with van der Waals surface area (Å²) in [6.45, 7) is 0. The Balaban J connectivity index is 2.12. The van der Waals surface area contributed by atoms with Gasteiger partial charge in [0.25, 0.3) is 0 Å². The van der Waals surface area contributed by atoms with Crippen molar-refractivity contribution in [3.8, 4) is 0 Å². The first-order chi connectivity index (χ1) is 5.42. The second-order valence-corrected chi connectivity index (χ2v) is 3.78. The molecule has 0 aromatic rings. The Kier molecular flexibility index (Phi) is 1.84. The van der Waals surface area contributed by atoms with E-state index in [0.717, 1.165) is 18.1 Å². The highest BCUT2D eigenvalue weighted by Crippen LogP contribution is 2.40. The van der Waals surface area contributed by atoms with Crippen molar-refractivity contribution < 1.29 is 5.21 Å². The van der Waals surface area contributed by atoms with E-state index < -0.39 is 0 Å². The summed E-state index contributed by atoms with van der Waals surface area (Å²) in [5, 5.41) is 12.1. The zero-order valence-corrected chi connectivity index (χ0v) is 6.79. The molecule has 0 aromatic carbocycles. The molecular weight excluding hydrogens is 138 g/mol. The van der Waals surface area contributed by atoms with Crippen molar-refractivity contribution in [1.82, 2.24) is 0 Å². The molecular formula is C9H15NO. The maximum absolute atomic E-state index is 8.73. The molecule has 2 saturated carbocycles. The van der Waals surface area contributed by atoms with Crippen molar-refractivity contribution >= 4 is 5.71 Å². The standard InChI is InChI=1S/C9H15NO/c11-10-9-6-2-4-7-3-1-5-8(7)9/h7-8,11H,1-6H2/b10-9-/t7-,8+/m0/s1. The van der Waals surface area contributed by atoms with E-state index in [-0.39, 0.29) is 0 Å². The molecule has 2 nitrogen and oxygen atoms in total. The van der Waals surface area contributed by atoms with Gasteiger partial charge in [-0.3, -0.25) is 0 Å². The minimum atomic E-state index is 0.647. The Morgan fingerprint density at radius 3 is 2.82 bits per heavy atom. The van der Waals surface area contributed by atoms with Crippen molar-refractivity contribution in [2.75, 3.05) is 0 Å². The van der Waals surface area contributed by atoms with Gasteiger partial charge in [-0.15, -0.1) is 0 Å². The van der Waals surface area contributed by atoms with Crippen LogP contribution < -0.4 is 0 Å². The van der Waals surface area contributed by atoms with Crippen molar-refractivity contribution in [2.45, 2.75) is 38.5 Å². The van der Waals surface area contributed by atoms with E-state index in [1.807, 2.05) is 0 Å². The largest absolute Gasteiger partial charge is 0.411 e. The lowest BCUT2D eigenvalue weighted by Gasteiger charge is -2.25. The predicted octanol–water partition coefficient (Wildman–Crippen LogP) is 2.42. The number of oxime groups is 1. The van der Waals surface area contributed by atoms with Gasteiger partial charge in [-0.05, 0) is 38.0 Å². The SMILES string of the molecule is O/N=C1/CCC[C@@H]2CCC[C@@H]12. The van der Waals surface area contributed by atoms with Gasteiger partial charge in [0, 0.05) is 5.92 Å². The minimum absolute atomic E-state index is 0.647. The molecule has 0 amide bonds. The summed E-state index contributed by atoms with van der Waals surface area (Å²) in [6.07, 6.45) is 7.62. The second-order valence-electron chi connectivity index (χ2n) is 3.78. The zero-order chi connectivity index (χ0) is 7.68. The molecule has 2 heteroatoms. The van der Waals surface area contributed by atoms with Gasteiger partial charge >= 0.3 is 0 Å². The summed E-state index contributed by atoms with van der Waals surface area (Å²) in [5.74, 6) is 1.50. The third kappa shape index (κ3) is 1.15. The predicted molar refractivity (Wildman–Crippen MR) is 43.9 cm³/mol. The normalized spacial score (nSPS) is 40.9. The zero-order valence-electron chi connectivity index (χ0n) is 6.79. The number of fused-ring (bicyclic) bond motifs is 1. The molecule has 2 aliphatic rings. The van der Waals surface area contributed by atoms with Crippen LogP contribution in [0.5, 0.6) is 0 Å². The molecule has 2 aliphatic carbocycles. The fourth-order valence-electron chi connectivity index (χ4n) is 2.68. The fourth-order valence-corrected chi connectivity index (χ4v) is 2.68. The number of nitrogens with zero attached hydrogens (tertiary/aromatic N) is 1. The summed E-state index contributed by atoms with van der Waals surface area (Å²) >= 11 is 0. The molecule has 0 aliphatic heterocycles. The first kappa shape index (κ1) is 7.14. The maximum atomic E-state index is 8.73. The Bertz CT molecular complexity index is 176. The van der Waals surface area contributed by atoms with E-state index >= 15 is 0 Å². The van der Waals surface area contributed by atoms with Crippen molar-refractivity contribution in [2.24, 2.45) is 17.0 Å². The van der Waals surface area contributed by atoms with E-state index in [2.05, 4.69) is 5.16 Å². The highest BCUT2D eigenvalue weighted by atomic mass is 16.4. The summed E-state index contributed by atoms with van der Waals surface area (Å²) in [6, 6.07) is 0. The van der Waals surface area contributed by atoms with E-state index in [4.69, 9.17) is 5.21 Å². The van der Waals surface area contributed by atoms with Crippen LogP contribution in [0.2, 0.25) is 0 Å². The Labute approximate surface area is 67.3 Å². The molecule has 2 atom stereocenters. The van der Waals surface area contributed by atoms with Gasteiger partial charge in [-0.25, -0.2) is 0 Å². The van der Waals surface area contributed by atoms with Gasteiger partial charge in [-0.1, -0.05) is 11.6 Å². The molecule has 0 aromatic heterocycles. The molecule has 0 spiro atoms. The average Bonchev–Trinajstić information content (AvgIpc) is 2.50. The molecule has 11 heavy (non-hydrogen) atoms. The van der Waals surface area contributed by atoms with Gasteiger partial charge in [0.15, 0.2) is 0 Å². The number of rotatable bonds is 0. The molecule has 0 unspecified atom stereocenters. The molecule has 2 fully saturated rings. The van der Waals surface area contributed by atoms with Crippen LogP contribution in [0.25, 0.3) is 0 Å². The first-order valence-corrected chi connectivity index (χ1v) is 4.62. The van der Waals surface area contributed by atoms with Crippen LogP contribution in [-0.4, -0.2) is 10.9 Å². The first-order valence-electron chi connectivity index (χ1n) is 4.62. The van der Waals surface area contributed by atoms with Gasteiger partial charge in [0.05, 0.1) is 5.71 Å². The van der Waals surface area contributed by atoms with E-state index in [0.29, 0.717) is 5.92 Å². The lowest BCUT2D eigenvalue weighted by Crippen LogP contribution is -2.23. The summed E-state index contributed by atoms with van der Waals surface area (Å²) in [7, 11) is 0. The van der Waals surface area contributed by atoms with Crippen molar-refractivity contribution in [3.63, 3.8) is 0 Å². The fraction of sp³-hybridized carbons (Fsp3) is 0.889. The van der Waals surface area contributed by atoms with E-state index in [9.17, 15) is 0 Å². The smallest absolute Gasteiger partial charge is 0.0604 e. The third-order valence-corrected chi connectivity index (χ3v) is 3.22. The topological polar surface area (TPSA) is 32.6 Å². The summed E-state index contributed by atoms with van der Waals surface area (Å²) < 4.78 is 0. The average molecular weight is 153 g/mol. The van der Waals surface area contributed by atoms with Gasteiger partial charge in [0.2, 0.25) is 0 Å². The van der Waals surface area contributed by atoms with Crippen LogP contribution in [-0.2, 0) is 0 Å². The Morgan fingerprint density at radius 1 is 1.18 bits per heavy atom. The lowest BCUT2D eigenvalue weighted by atomic mass is 9.80. The molecule has 0 saturated heterocycles. The van der Waals surface area contributed by atoms with E-state index in [1.165, 1.54) is 32.1 Å². The third-order valence-electron chi connectivity index (χ3n) is 3.22. The highest BCUT2D eigenvalue weighted by Gasteiger charge is 2.33. The van der Waals surface area contributed by atoms with Crippen LogP contribution >= 0.6 is 0 Å². The van der Waals surface area contributed by atoms with Crippen LogP contribution in [0, 0.1) is 11.8 Å². The van der Waals surface area contributed by atoms with Crippen molar-refractivity contribution in [1.29, 1.82) is 0 Å². The summed E-state index contributed by atoms with van der Waals surface area (Å²) in [4.78, 5) is 0. The second kappa shape index (κ2) is 2.84. The molecule has 2 rings (SSSR count). The number of hydrogen-bond acceptors (Lipinski definition) is 2. The van der Waals surface area contributed by atoms with Gasteiger partial charge < -0.3 is 5.21 Å². The monoisotopic (exact) mass is 153 g/mol. The summed E-state index contributed by atoms with van der Waals surface area (Å²) in [5.41, 5.74) is 1.08. The molecule has 62 valence electrons. The minimum Gasteiger partial charge on any atom is -0.411 e. The van der Waals surface area contributed by atoms with Crippen LogP contribution in [0.15, 0.2) is 5.16 Å². The highest BCUT2D eigenvalue weighted by molar-refractivity contribution is 5.87. The van der Waals surface area contributed by atoms with Crippen molar-refractivity contribution in [3.05, 3.63) is 0 Å². The molecule has 0 heterocycles. The van der Waals surface area contributed by atoms with E-state index in [1.54, 1.807) is 0 Å². The molecule has 1 N–H and O–H groups in total.